The van der Waals surface area contributed by atoms with Gasteiger partial charge in [-0.3, -0.25) is 14.4 Å². The monoisotopic (exact) mass is 504 g/mol. The Morgan fingerprint density at radius 1 is 1.00 bits per heavy atom. The van der Waals surface area contributed by atoms with Crippen molar-refractivity contribution in [2.45, 2.75) is 71.1 Å². The maximum absolute atomic E-state index is 14.3. The van der Waals surface area contributed by atoms with Gasteiger partial charge in [-0.15, -0.1) is 0 Å². The van der Waals surface area contributed by atoms with Crippen molar-refractivity contribution < 1.29 is 14.4 Å². The zero-order chi connectivity index (χ0) is 26.9. The predicted molar refractivity (Wildman–Crippen MR) is 146 cm³/mol. The maximum Gasteiger partial charge on any atom is 0.247 e. The van der Waals surface area contributed by atoms with E-state index in [2.05, 4.69) is 22.8 Å². The van der Waals surface area contributed by atoms with Crippen molar-refractivity contribution in [3.8, 4) is 0 Å². The highest BCUT2D eigenvalue weighted by atomic mass is 16.2. The van der Waals surface area contributed by atoms with Crippen LogP contribution in [0.2, 0.25) is 0 Å². The molecule has 4 rings (SSSR count). The molecule has 1 saturated heterocycles. The van der Waals surface area contributed by atoms with E-state index in [4.69, 9.17) is 0 Å². The number of piperazine rings is 1. The number of rotatable bonds is 8. The summed E-state index contributed by atoms with van der Waals surface area (Å²) < 4.78 is 0. The second kappa shape index (κ2) is 11.0. The predicted octanol–water partition coefficient (Wildman–Crippen LogP) is 3.48. The molecule has 1 heterocycles. The number of amides is 3. The first-order chi connectivity index (χ1) is 17.6. The normalized spacial score (nSPS) is 20.7. The zero-order valence-corrected chi connectivity index (χ0v) is 22.8. The summed E-state index contributed by atoms with van der Waals surface area (Å²) in [6, 6.07) is 13.5. The molecular weight excluding hydrogens is 464 g/mol. The zero-order valence-electron chi connectivity index (χ0n) is 22.8. The number of nitrogens with one attached hydrogen (secondary N) is 2. The van der Waals surface area contributed by atoms with Crippen LogP contribution in [0.4, 0.5) is 5.69 Å². The average Bonchev–Trinajstić information content (AvgIpc) is 3.27. The van der Waals surface area contributed by atoms with Gasteiger partial charge >= 0.3 is 0 Å². The van der Waals surface area contributed by atoms with Crippen LogP contribution in [0.15, 0.2) is 48.5 Å². The van der Waals surface area contributed by atoms with Gasteiger partial charge in [-0.1, -0.05) is 50.2 Å². The van der Waals surface area contributed by atoms with Gasteiger partial charge in [0.1, 0.15) is 18.1 Å². The molecule has 1 fully saturated rings. The van der Waals surface area contributed by atoms with Gasteiger partial charge in [0.25, 0.3) is 0 Å². The highest BCUT2D eigenvalue weighted by Gasteiger charge is 2.49. The van der Waals surface area contributed by atoms with Crippen LogP contribution in [0.5, 0.6) is 0 Å². The smallest absolute Gasteiger partial charge is 0.247 e. The molecule has 2 aliphatic rings. The fourth-order valence-electron chi connectivity index (χ4n) is 5.63. The van der Waals surface area contributed by atoms with Crippen LogP contribution >= 0.6 is 0 Å². The van der Waals surface area contributed by atoms with Gasteiger partial charge in [0.15, 0.2) is 0 Å². The quantitative estimate of drug-likeness (QED) is 0.577. The molecule has 2 aromatic carbocycles. The van der Waals surface area contributed by atoms with E-state index >= 15 is 0 Å². The van der Waals surface area contributed by atoms with Gasteiger partial charge in [-0.25, -0.2) is 0 Å². The third kappa shape index (κ3) is 5.65. The molecule has 0 bridgehead atoms. The second-order valence-corrected chi connectivity index (χ2v) is 11.4. The van der Waals surface area contributed by atoms with Crippen molar-refractivity contribution in [3.05, 3.63) is 65.2 Å². The molecule has 7 nitrogen and oxygen atoms in total. The topological polar surface area (TPSA) is 81.8 Å². The number of hydrogen-bond acceptors (Lipinski definition) is 4. The molecule has 3 amide bonds. The lowest BCUT2D eigenvalue weighted by Crippen LogP contribution is -2.67. The Labute approximate surface area is 220 Å². The highest BCUT2D eigenvalue weighted by molar-refractivity contribution is 6.00. The molecule has 3 atom stereocenters. The van der Waals surface area contributed by atoms with Crippen LogP contribution in [0.3, 0.4) is 0 Å². The molecule has 0 saturated carbocycles. The Kier molecular flexibility index (Phi) is 7.90. The van der Waals surface area contributed by atoms with Gasteiger partial charge in [0.05, 0.1) is 0 Å². The molecule has 2 aromatic rings. The molecule has 0 radical (unpaired) electrons. The van der Waals surface area contributed by atoms with Crippen molar-refractivity contribution in [1.29, 1.82) is 0 Å². The fraction of sp³-hybridized carbons (Fsp3) is 0.500. The Balaban J connectivity index is 1.75. The summed E-state index contributed by atoms with van der Waals surface area (Å²) in [7, 11) is 3.92. The van der Waals surface area contributed by atoms with Gasteiger partial charge in [-0.2, -0.15) is 0 Å². The lowest BCUT2D eigenvalue weighted by molar-refractivity contribution is -0.158. The lowest BCUT2D eigenvalue weighted by atomic mass is 9.88. The lowest BCUT2D eigenvalue weighted by Gasteiger charge is -2.45. The number of hydrogen-bond donors (Lipinski definition) is 2. The van der Waals surface area contributed by atoms with E-state index in [1.807, 2.05) is 83.1 Å². The van der Waals surface area contributed by atoms with Gasteiger partial charge in [0, 0.05) is 25.8 Å². The Hall–Kier alpha value is -3.35. The molecule has 198 valence electrons. The first-order valence-electron chi connectivity index (χ1n) is 13.3. The van der Waals surface area contributed by atoms with E-state index in [-0.39, 0.29) is 35.6 Å². The molecule has 1 aliphatic heterocycles. The standard InChI is InChI=1S/C30H40N4O3/c1-18(2)15-25-28(35)32-26(23-16-21-9-7-8-10-22(21)17-23)30(37)34(25)27(29(36)31-19(3)4)20-11-13-24(14-12-20)33(5)6/h7-14,18-19,23,25-27H,15-17H2,1-6H3,(H,31,36)(H,32,35). The largest absolute Gasteiger partial charge is 0.378 e. The fourth-order valence-corrected chi connectivity index (χ4v) is 5.63. The molecule has 7 heteroatoms. The number of anilines is 1. The van der Waals surface area contributed by atoms with Crippen LogP contribution in [0.1, 0.15) is 56.8 Å². The van der Waals surface area contributed by atoms with Gasteiger partial charge in [0.2, 0.25) is 17.7 Å². The summed E-state index contributed by atoms with van der Waals surface area (Å²) in [6.45, 7) is 7.87. The summed E-state index contributed by atoms with van der Waals surface area (Å²) in [6.07, 6.45) is 1.95. The summed E-state index contributed by atoms with van der Waals surface area (Å²) in [4.78, 5) is 45.2. The number of fused-ring (bicyclic) bond motifs is 1. The summed E-state index contributed by atoms with van der Waals surface area (Å²) in [5, 5.41) is 6.08. The number of carbonyl (C=O) groups excluding carboxylic acids is 3. The molecular formula is C30H40N4O3. The maximum atomic E-state index is 14.3. The van der Waals surface area contributed by atoms with Crippen LogP contribution in [0, 0.1) is 11.8 Å². The average molecular weight is 505 g/mol. The first-order valence-corrected chi connectivity index (χ1v) is 13.3. The molecule has 3 unspecified atom stereocenters. The molecule has 0 aromatic heterocycles. The van der Waals surface area contributed by atoms with Crippen LogP contribution in [0.25, 0.3) is 0 Å². The third-order valence-corrected chi connectivity index (χ3v) is 7.39. The van der Waals surface area contributed by atoms with Crippen molar-refractivity contribution in [3.63, 3.8) is 0 Å². The minimum absolute atomic E-state index is 0.0405. The van der Waals surface area contributed by atoms with Crippen molar-refractivity contribution in [1.82, 2.24) is 15.5 Å². The van der Waals surface area contributed by atoms with E-state index in [0.29, 0.717) is 12.0 Å². The van der Waals surface area contributed by atoms with Crippen LogP contribution < -0.4 is 15.5 Å². The number of carbonyl (C=O) groups is 3. The first kappa shape index (κ1) is 26.7. The minimum Gasteiger partial charge on any atom is -0.378 e. The minimum atomic E-state index is -0.896. The van der Waals surface area contributed by atoms with Crippen LogP contribution in [-0.4, -0.2) is 54.8 Å². The van der Waals surface area contributed by atoms with E-state index in [1.54, 1.807) is 4.90 Å². The van der Waals surface area contributed by atoms with E-state index in [1.165, 1.54) is 11.1 Å². The van der Waals surface area contributed by atoms with Gasteiger partial charge < -0.3 is 20.4 Å². The molecule has 1 aliphatic carbocycles. The van der Waals surface area contributed by atoms with E-state index < -0.39 is 18.1 Å². The Morgan fingerprint density at radius 2 is 1.59 bits per heavy atom. The molecule has 2 N–H and O–H groups in total. The number of benzene rings is 2. The third-order valence-electron chi connectivity index (χ3n) is 7.39. The molecule has 37 heavy (non-hydrogen) atoms. The summed E-state index contributed by atoms with van der Waals surface area (Å²) in [5.41, 5.74) is 4.14. The van der Waals surface area contributed by atoms with Gasteiger partial charge in [-0.05, 0) is 73.8 Å². The Morgan fingerprint density at radius 3 is 2.11 bits per heavy atom. The molecule has 0 spiro atoms. The number of nitrogens with zero attached hydrogens (tertiary/aromatic N) is 2. The van der Waals surface area contributed by atoms with Crippen molar-refractivity contribution in [2.24, 2.45) is 11.8 Å². The summed E-state index contributed by atoms with van der Waals surface area (Å²) in [5.74, 6) is -0.493. The Bertz CT molecular complexity index is 1120. The van der Waals surface area contributed by atoms with E-state index in [9.17, 15) is 14.4 Å². The van der Waals surface area contributed by atoms with E-state index in [0.717, 1.165) is 18.5 Å². The van der Waals surface area contributed by atoms with Crippen LogP contribution in [-0.2, 0) is 27.2 Å². The van der Waals surface area contributed by atoms with Crippen molar-refractivity contribution >= 4 is 23.4 Å². The highest BCUT2D eigenvalue weighted by Crippen LogP contribution is 2.35. The SMILES string of the molecule is CC(C)CC1C(=O)NC(C2Cc3ccccc3C2)C(=O)N1C(C(=O)NC(C)C)c1ccc(N(C)C)cc1. The van der Waals surface area contributed by atoms with Crippen molar-refractivity contribution in [2.75, 3.05) is 19.0 Å². The summed E-state index contributed by atoms with van der Waals surface area (Å²) >= 11 is 0. The second-order valence-electron chi connectivity index (χ2n) is 11.4.